The number of nitrogen functional groups attached to an aromatic ring is 1. The Kier molecular flexibility index (Phi) is 6.47. The third-order valence-electron chi connectivity index (χ3n) is 2.10. The third kappa shape index (κ3) is 5.02. The first-order valence-electron chi connectivity index (χ1n) is 5.61. The summed E-state index contributed by atoms with van der Waals surface area (Å²) in [5.74, 6) is -0.381. The first kappa shape index (κ1) is 15.1. The Morgan fingerprint density at radius 3 is 2.79 bits per heavy atom. The summed E-state index contributed by atoms with van der Waals surface area (Å²) in [6.45, 7) is 1.59. The molecule has 1 aromatic heterocycles. The molecule has 0 aromatic carbocycles. The predicted octanol–water partition coefficient (Wildman–Crippen LogP) is 0.399. The molecule has 0 aliphatic rings. The molecule has 0 atom stereocenters. The average Bonchev–Trinajstić information content (AvgIpc) is 2.37. The molecule has 1 rings (SSSR count). The Morgan fingerprint density at radius 2 is 2.11 bits per heavy atom. The second-order valence-electron chi connectivity index (χ2n) is 3.48. The molecule has 0 bridgehead atoms. The number of ether oxygens (including phenoxy) is 3. The number of rotatable bonds is 9. The normalized spacial score (nSPS) is 10.4. The van der Waals surface area contributed by atoms with E-state index in [0.717, 1.165) is 12.7 Å². The first-order chi connectivity index (χ1) is 9.16. The SMILES string of the molecule is COCCCOCCOc1ncnc(N)c1[N+](=O)[O-]. The zero-order valence-corrected chi connectivity index (χ0v) is 10.6. The lowest BCUT2D eigenvalue weighted by Gasteiger charge is -2.07. The highest BCUT2D eigenvalue weighted by Crippen LogP contribution is 2.28. The van der Waals surface area contributed by atoms with Crippen LogP contribution in [0.25, 0.3) is 0 Å². The van der Waals surface area contributed by atoms with E-state index in [4.69, 9.17) is 19.9 Å². The van der Waals surface area contributed by atoms with Crippen LogP contribution < -0.4 is 10.5 Å². The molecule has 0 spiro atoms. The van der Waals surface area contributed by atoms with Gasteiger partial charge < -0.3 is 19.9 Å². The molecule has 106 valence electrons. The van der Waals surface area contributed by atoms with Crippen molar-refractivity contribution in [2.24, 2.45) is 0 Å². The number of nitrogens with zero attached hydrogens (tertiary/aromatic N) is 3. The molecule has 1 heterocycles. The highest BCUT2D eigenvalue weighted by Gasteiger charge is 2.22. The van der Waals surface area contributed by atoms with Gasteiger partial charge >= 0.3 is 5.69 Å². The van der Waals surface area contributed by atoms with Gasteiger partial charge in [-0.3, -0.25) is 10.1 Å². The minimum atomic E-state index is -0.676. The number of nitrogens with two attached hydrogens (primary N) is 1. The second kappa shape index (κ2) is 8.16. The molecule has 9 nitrogen and oxygen atoms in total. The molecule has 9 heteroatoms. The molecular weight excluding hydrogens is 256 g/mol. The number of hydrogen-bond donors (Lipinski definition) is 1. The van der Waals surface area contributed by atoms with E-state index in [1.807, 2.05) is 0 Å². The van der Waals surface area contributed by atoms with Gasteiger partial charge in [0.15, 0.2) is 0 Å². The molecule has 19 heavy (non-hydrogen) atoms. The summed E-state index contributed by atoms with van der Waals surface area (Å²) in [6, 6.07) is 0. The Morgan fingerprint density at radius 1 is 1.32 bits per heavy atom. The second-order valence-corrected chi connectivity index (χ2v) is 3.48. The van der Waals surface area contributed by atoms with E-state index in [-0.39, 0.29) is 18.3 Å². The van der Waals surface area contributed by atoms with Gasteiger partial charge in [0, 0.05) is 20.3 Å². The number of anilines is 1. The summed E-state index contributed by atoms with van der Waals surface area (Å²) in [4.78, 5) is 17.3. The molecule has 0 radical (unpaired) electrons. The first-order valence-corrected chi connectivity index (χ1v) is 5.61. The van der Waals surface area contributed by atoms with Gasteiger partial charge in [-0.05, 0) is 6.42 Å². The molecule has 0 aliphatic heterocycles. The van der Waals surface area contributed by atoms with Crippen LogP contribution in [0.3, 0.4) is 0 Å². The van der Waals surface area contributed by atoms with Gasteiger partial charge in [-0.15, -0.1) is 0 Å². The van der Waals surface area contributed by atoms with Crippen molar-refractivity contribution in [3.63, 3.8) is 0 Å². The predicted molar refractivity (Wildman–Crippen MR) is 65.9 cm³/mol. The van der Waals surface area contributed by atoms with E-state index in [0.29, 0.717) is 19.8 Å². The number of hydrogen-bond acceptors (Lipinski definition) is 8. The van der Waals surface area contributed by atoms with Crippen LogP contribution in [0.2, 0.25) is 0 Å². The Hall–Kier alpha value is -2.00. The topological polar surface area (TPSA) is 123 Å². The maximum atomic E-state index is 10.8. The fourth-order valence-electron chi connectivity index (χ4n) is 1.26. The largest absolute Gasteiger partial charge is 0.470 e. The quantitative estimate of drug-likeness (QED) is 0.389. The molecule has 2 N–H and O–H groups in total. The van der Waals surface area contributed by atoms with Crippen molar-refractivity contribution in [2.45, 2.75) is 6.42 Å². The molecule has 0 saturated carbocycles. The highest BCUT2D eigenvalue weighted by molar-refractivity contribution is 5.57. The summed E-state index contributed by atoms with van der Waals surface area (Å²) >= 11 is 0. The molecule has 0 aliphatic carbocycles. The lowest BCUT2D eigenvalue weighted by molar-refractivity contribution is -0.385. The van der Waals surface area contributed by atoms with Crippen LogP contribution in [0.5, 0.6) is 5.88 Å². The minimum absolute atomic E-state index is 0.143. The standard InChI is InChI=1S/C10H16N4O5/c1-17-3-2-4-18-5-6-19-10-8(14(15)16)9(11)12-7-13-10/h7H,2-6H2,1H3,(H2,11,12,13). The van der Waals surface area contributed by atoms with Gasteiger partial charge in [0.2, 0.25) is 5.82 Å². The lowest BCUT2D eigenvalue weighted by atomic mass is 10.4. The van der Waals surface area contributed by atoms with Crippen molar-refractivity contribution in [3.05, 3.63) is 16.4 Å². The van der Waals surface area contributed by atoms with E-state index in [1.54, 1.807) is 7.11 Å². The van der Waals surface area contributed by atoms with E-state index in [9.17, 15) is 10.1 Å². The summed E-state index contributed by atoms with van der Waals surface area (Å²) in [6.07, 6.45) is 1.88. The highest BCUT2D eigenvalue weighted by atomic mass is 16.6. The molecule has 0 amide bonds. The van der Waals surface area contributed by atoms with E-state index in [1.165, 1.54) is 0 Å². The van der Waals surface area contributed by atoms with Crippen molar-refractivity contribution in [1.29, 1.82) is 0 Å². The maximum absolute atomic E-state index is 10.8. The maximum Gasteiger partial charge on any atom is 0.372 e. The Bertz CT molecular complexity index is 415. The summed E-state index contributed by atoms with van der Waals surface area (Å²) < 4.78 is 15.3. The Balaban J connectivity index is 2.37. The summed E-state index contributed by atoms with van der Waals surface area (Å²) in [7, 11) is 1.61. The third-order valence-corrected chi connectivity index (χ3v) is 2.10. The van der Waals surface area contributed by atoms with E-state index >= 15 is 0 Å². The van der Waals surface area contributed by atoms with Crippen LogP contribution in [0, 0.1) is 10.1 Å². The zero-order chi connectivity index (χ0) is 14.1. The van der Waals surface area contributed by atoms with Crippen molar-refractivity contribution in [1.82, 2.24) is 9.97 Å². The van der Waals surface area contributed by atoms with Crippen molar-refractivity contribution >= 4 is 11.5 Å². The van der Waals surface area contributed by atoms with Crippen molar-refractivity contribution < 1.29 is 19.1 Å². The van der Waals surface area contributed by atoms with Gasteiger partial charge in [-0.25, -0.2) is 4.98 Å². The average molecular weight is 272 g/mol. The van der Waals surface area contributed by atoms with Crippen LogP contribution in [0.4, 0.5) is 11.5 Å². The molecule has 0 unspecified atom stereocenters. The van der Waals surface area contributed by atoms with Gasteiger partial charge in [0.25, 0.3) is 5.88 Å². The fourth-order valence-corrected chi connectivity index (χ4v) is 1.26. The minimum Gasteiger partial charge on any atom is -0.470 e. The summed E-state index contributed by atoms with van der Waals surface area (Å²) in [5, 5.41) is 10.8. The number of aromatic nitrogens is 2. The fraction of sp³-hybridized carbons (Fsp3) is 0.600. The van der Waals surface area contributed by atoms with Gasteiger partial charge in [-0.1, -0.05) is 0 Å². The molecule has 0 saturated heterocycles. The van der Waals surface area contributed by atoms with Crippen LogP contribution in [-0.4, -0.2) is 48.4 Å². The van der Waals surface area contributed by atoms with Crippen molar-refractivity contribution in [2.75, 3.05) is 39.3 Å². The Labute approximate surface area is 109 Å². The van der Waals surface area contributed by atoms with Gasteiger partial charge in [0.1, 0.15) is 12.9 Å². The molecular formula is C10H16N4O5. The number of methoxy groups -OCH3 is 1. The molecule has 1 aromatic rings. The van der Waals surface area contributed by atoms with E-state index < -0.39 is 10.6 Å². The van der Waals surface area contributed by atoms with Crippen LogP contribution in [-0.2, 0) is 9.47 Å². The van der Waals surface area contributed by atoms with Crippen molar-refractivity contribution in [3.8, 4) is 5.88 Å². The summed E-state index contributed by atoms with van der Waals surface area (Å²) in [5.41, 5.74) is 4.96. The van der Waals surface area contributed by atoms with E-state index in [2.05, 4.69) is 9.97 Å². The monoisotopic (exact) mass is 272 g/mol. The van der Waals surface area contributed by atoms with Gasteiger partial charge in [-0.2, -0.15) is 4.98 Å². The van der Waals surface area contributed by atoms with Gasteiger partial charge in [0.05, 0.1) is 11.5 Å². The smallest absolute Gasteiger partial charge is 0.372 e. The van der Waals surface area contributed by atoms with Crippen LogP contribution >= 0.6 is 0 Å². The zero-order valence-electron chi connectivity index (χ0n) is 10.6. The molecule has 0 fully saturated rings. The number of nitro groups is 1. The lowest BCUT2D eigenvalue weighted by Crippen LogP contribution is -2.11. The van der Waals surface area contributed by atoms with Crippen LogP contribution in [0.15, 0.2) is 6.33 Å². The van der Waals surface area contributed by atoms with Crippen LogP contribution in [0.1, 0.15) is 6.42 Å².